The summed E-state index contributed by atoms with van der Waals surface area (Å²) < 4.78 is 0. The smallest absolute Gasteiger partial charge is 0.251 e. The molecule has 1 heterocycles. The van der Waals surface area contributed by atoms with Gasteiger partial charge in [-0.2, -0.15) is 0 Å². The number of amides is 1. The van der Waals surface area contributed by atoms with Crippen molar-refractivity contribution in [3.05, 3.63) is 70.3 Å². The molecule has 4 rings (SSSR count). The van der Waals surface area contributed by atoms with Crippen LogP contribution in [0.3, 0.4) is 0 Å². The van der Waals surface area contributed by atoms with Crippen LogP contribution in [0, 0.1) is 0 Å². The Morgan fingerprint density at radius 1 is 1.00 bits per heavy atom. The number of benzene rings is 2. The fourth-order valence-electron chi connectivity index (χ4n) is 4.18. The number of carbonyl (C=O) groups excluding carboxylic acids is 1. The van der Waals surface area contributed by atoms with E-state index < -0.39 is 0 Å². The third-order valence-corrected chi connectivity index (χ3v) is 5.79. The first-order valence-corrected chi connectivity index (χ1v) is 9.93. The van der Waals surface area contributed by atoms with E-state index in [1.54, 1.807) is 0 Å². The van der Waals surface area contributed by atoms with E-state index in [1.807, 2.05) is 12.1 Å². The maximum absolute atomic E-state index is 12.6. The number of nitrogens with zero attached hydrogens (tertiary/aromatic N) is 1. The molecule has 2 aliphatic rings. The molecule has 1 fully saturated rings. The molecule has 1 saturated heterocycles. The van der Waals surface area contributed by atoms with Crippen molar-refractivity contribution >= 4 is 5.91 Å². The highest BCUT2D eigenvalue weighted by Crippen LogP contribution is 2.25. The summed E-state index contributed by atoms with van der Waals surface area (Å²) in [7, 11) is 0. The summed E-state index contributed by atoms with van der Waals surface area (Å²) in [5, 5.41) is 3.15. The molecule has 2 aromatic rings. The molecule has 26 heavy (non-hydrogen) atoms. The van der Waals surface area contributed by atoms with E-state index >= 15 is 0 Å². The van der Waals surface area contributed by atoms with Crippen molar-refractivity contribution in [2.45, 2.75) is 51.6 Å². The summed E-state index contributed by atoms with van der Waals surface area (Å²) in [6.07, 6.45) is 6.23. The quantitative estimate of drug-likeness (QED) is 0.875. The first kappa shape index (κ1) is 17.3. The Morgan fingerprint density at radius 2 is 1.73 bits per heavy atom. The summed E-state index contributed by atoms with van der Waals surface area (Å²) in [5.41, 5.74) is 6.15. The van der Waals surface area contributed by atoms with Gasteiger partial charge >= 0.3 is 0 Å². The predicted octanol–water partition coefficient (Wildman–Crippen LogP) is 4.26. The molecule has 0 radical (unpaired) electrons. The summed E-state index contributed by atoms with van der Waals surface area (Å²) >= 11 is 0. The van der Waals surface area contributed by atoms with Gasteiger partial charge in [-0.25, -0.2) is 0 Å². The topological polar surface area (TPSA) is 32.3 Å². The molecule has 0 aromatic heterocycles. The Kier molecular flexibility index (Phi) is 5.07. The molecule has 0 spiro atoms. The van der Waals surface area contributed by atoms with E-state index in [2.05, 4.69) is 47.5 Å². The Labute approximate surface area is 156 Å². The SMILES string of the molecule is C[C@@H](NC(=O)c1ccc(CN2CCCC2)cc1)c1ccc2c(c1)CCC2. The first-order valence-electron chi connectivity index (χ1n) is 9.93. The highest BCUT2D eigenvalue weighted by atomic mass is 16.1. The second-order valence-electron chi connectivity index (χ2n) is 7.76. The van der Waals surface area contributed by atoms with E-state index in [9.17, 15) is 4.79 Å². The van der Waals surface area contributed by atoms with Gasteiger partial charge < -0.3 is 5.32 Å². The summed E-state index contributed by atoms with van der Waals surface area (Å²) in [4.78, 5) is 15.1. The molecule has 1 aliphatic heterocycles. The minimum atomic E-state index is 0.00530. The summed E-state index contributed by atoms with van der Waals surface area (Å²) in [6.45, 7) is 5.45. The number of carbonyl (C=O) groups is 1. The summed E-state index contributed by atoms with van der Waals surface area (Å²) in [5.74, 6) is 0.00530. The van der Waals surface area contributed by atoms with Gasteiger partial charge in [0.25, 0.3) is 5.91 Å². The molecule has 0 unspecified atom stereocenters. The Hall–Kier alpha value is -2.13. The lowest BCUT2D eigenvalue weighted by Gasteiger charge is -2.17. The van der Waals surface area contributed by atoms with E-state index in [-0.39, 0.29) is 11.9 Å². The lowest BCUT2D eigenvalue weighted by atomic mass is 10.0. The van der Waals surface area contributed by atoms with E-state index in [0.29, 0.717) is 0 Å². The van der Waals surface area contributed by atoms with Gasteiger partial charge in [-0.1, -0.05) is 30.3 Å². The number of likely N-dealkylation sites (tertiary alicyclic amines) is 1. The van der Waals surface area contributed by atoms with Crippen LogP contribution in [0.25, 0.3) is 0 Å². The minimum absolute atomic E-state index is 0.00530. The Balaban J connectivity index is 1.37. The lowest BCUT2D eigenvalue weighted by molar-refractivity contribution is 0.0940. The van der Waals surface area contributed by atoms with Gasteiger partial charge in [0.15, 0.2) is 0 Å². The van der Waals surface area contributed by atoms with Crippen molar-refractivity contribution < 1.29 is 4.79 Å². The Morgan fingerprint density at radius 3 is 2.50 bits per heavy atom. The molecule has 3 nitrogen and oxygen atoms in total. The average molecular weight is 348 g/mol. The van der Waals surface area contributed by atoms with Crippen LogP contribution in [0.4, 0.5) is 0 Å². The molecule has 0 bridgehead atoms. The van der Waals surface area contributed by atoms with Crippen LogP contribution in [-0.2, 0) is 19.4 Å². The van der Waals surface area contributed by atoms with E-state index in [1.165, 1.54) is 67.4 Å². The molecule has 136 valence electrons. The van der Waals surface area contributed by atoms with Crippen molar-refractivity contribution in [1.29, 1.82) is 0 Å². The van der Waals surface area contributed by atoms with Gasteiger partial charge in [0, 0.05) is 12.1 Å². The zero-order valence-corrected chi connectivity index (χ0v) is 15.6. The van der Waals surface area contributed by atoms with Gasteiger partial charge in [-0.05, 0) is 86.5 Å². The van der Waals surface area contributed by atoms with Gasteiger partial charge in [0.05, 0.1) is 6.04 Å². The highest BCUT2D eigenvalue weighted by Gasteiger charge is 2.16. The number of fused-ring (bicyclic) bond motifs is 1. The molecule has 1 aliphatic carbocycles. The van der Waals surface area contributed by atoms with Crippen molar-refractivity contribution in [2.24, 2.45) is 0 Å². The summed E-state index contributed by atoms with van der Waals surface area (Å²) in [6, 6.07) is 14.8. The van der Waals surface area contributed by atoms with Crippen molar-refractivity contribution in [3.8, 4) is 0 Å². The number of hydrogen-bond acceptors (Lipinski definition) is 2. The van der Waals surface area contributed by atoms with E-state index in [0.717, 1.165) is 12.1 Å². The minimum Gasteiger partial charge on any atom is -0.346 e. The van der Waals surface area contributed by atoms with Crippen LogP contribution in [0.2, 0.25) is 0 Å². The van der Waals surface area contributed by atoms with Crippen LogP contribution in [0.1, 0.15) is 64.8 Å². The molecule has 1 atom stereocenters. The van der Waals surface area contributed by atoms with Crippen molar-refractivity contribution in [1.82, 2.24) is 10.2 Å². The standard InChI is InChI=1S/C23H28N2O/c1-17(21-12-11-19-5-4-6-22(19)15-21)24-23(26)20-9-7-18(8-10-20)16-25-13-2-3-14-25/h7-12,15,17H,2-6,13-14,16H2,1H3,(H,24,26)/t17-/m1/s1. The van der Waals surface area contributed by atoms with Crippen molar-refractivity contribution in [2.75, 3.05) is 13.1 Å². The Bertz CT molecular complexity index is 775. The van der Waals surface area contributed by atoms with Gasteiger partial charge in [0.1, 0.15) is 0 Å². The number of aryl methyl sites for hydroxylation is 2. The number of hydrogen-bond donors (Lipinski definition) is 1. The number of nitrogens with one attached hydrogen (secondary N) is 1. The van der Waals surface area contributed by atoms with E-state index in [4.69, 9.17) is 0 Å². The second-order valence-corrected chi connectivity index (χ2v) is 7.76. The zero-order valence-electron chi connectivity index (χ0n) is 15.6. The molecule has 0 saturated carbocycles. The largest absolute Gasteiger partial charge is 0.346 e. The maximum Gasteiger partial charge on any atom is 0.251 e. The van der Waals surface area contributed by atoms with Gasteiger partial charge in [-0.15, -0.1) is 0 Å². The van der Waals surface area contributed by atoms with Crippen LogP contribution in [0.15, 0.2) is 42.5 Å². The van der Waals surface area contributed by atoms with Crippen LogP contribution in [-0.4, -0.2) is 23.9 Å². The third kappa shape index (κ3) is 3.83. The van der Waals surface area contributed by atoms with Gasteiger partial charge in [0.2, 0.25) is 0 Å². The highest BCUT2D eigenvalue weighted by molar-refractivity contribution is 5.94. The van der Waals surface area contributed by atoms with Crippen molar-refractivity contribution in [3.63, 3.8) is 0 Å². The molecule has 2 aromatic carbocycles. The monoisotopic (exact) mass is 348 g/mol. The molecule has 1 amide bonds. The average Bonchev–Trinajstić information content (AvgIpc) is 3.33. The van der Waals surface area contributed by atoms with Crippen LogP contribution >= 0.6 is 0 Å². The normalized spacial score (nSPS) is 17.9. The third-order valence-electron chi connectivity index (χ3n) is 5.79. The molecular weight excluding hydrogens is 320 g/mol. The maximum atomic E-state index is 12.6. The lowest BCUT2D eigenvalue weighted by Crippen LogP contribution is -2.26. The zero-order chi connectivity index (χ0) is 17.9. The first-order chi connectivity index (χ1) is 12.7. The predicted molar refractivity (Wildman–Crippen MR) is 105 cm³/mol. The molecule has 3 heteroatoms. The fourth-order valence-corrected chi connectivity index (χ4v) is 4.18. The van der Waals surface area contributed by atoms with Crippen LogP contribution in [0.5, 0.6) is 0 Å². The second kappa shape index (κ2) is 7.63. The molecule has 1 N–H and O–H groups in total. The number of rotatable bonds is 5. The molecular formula is C23H28N2O. The van der Waals surface area contributed by atoms with Crippen LogP contribution < -0.4 is 5.32 Å². The van der Waals surface area contributed by atoms with Gasteiger partial charge in [-0.3, -0.25) is 9.69 Å². The fraction of sp³-hybridized carbons (Fsp3) is 0.435.